The van der Waals surface area contributed by atoms with Crippen LogP contribution < -0.4 is 0 Å². The summed E-state index contributed by atoms with van der Waals surface area (Å²) in [7, 11) is 0. The van der Waals surface area contributed by atoms with Gasteiger partial charge in [0.1, 0.15) is 6.07 Å². The second-order valence-corrected chi connectivity index (χ2v) is 12.3. The number of hydrogen-bond acceptors (Lipinski definition) is 3. The van der Waals surface area contributed by atoms with E-state index in [-0.39, 0.29) is 0 Å². The molecule has 2 aromatic heterocycles. The molecule has 5 nitrogen and oxygen atoms in total. The van der Waals surface area contributed by atoms with Crippen molar-refractivity contribution in [2.45, 2.75) is 0 Å². The Morgan fingerprint density at radius 2 is 1.00 bits per heavy atom. The van der Waals surface area contributed by atoms with Gasteiger partial charge < -0.3 is 9.13 Å². The van der Waals surface area contributed by atoms with E-state index >= 15 is 0 Å². The molecule has 2 heterocycles. The fourth-order valence-electron chi connectivity index (χ4n) is 7.44. The zero-order chi connectivity index (χ0) is 33.8. The normalized spacial score (nSPS) is 11.1. The van der Waals surface area contributed by atoms with Crippen molar-refractivity contribution in [1.82, 2.24) is 9.13 Å². The number of fused-ring (bicyclic) bond motifs is 6. The molecule has 0 bridgehead atoms. The number of aromatic nitrogens is 2. The van der Waals surface area contributed by atoms with Gasteiger partial charge in [0, 0.05) is 27.1 Å². The van der Waals surface area contributed by atoms with Crippen LogP contribution in [0.15, 0.2) is 152 Å². The van der Waals surface area contributed by atoms with Crippen LogP contribution in [0.1, 0.15) is 16.7 Å². The van der Waals surface area contributed by atoms with E-state index in [4.69, 9.17) is 0 Å². The zero-order valence-corrected chi connectivity index (χ0v) is 26.7. The number of hydrogen-bond donors (Lipinski definition) is 0. The van der Waals surface area contributed by atoms with Gasteiger partial charge in [-0.25, -0.2) is 0 Å². The van der Waals surface area contributed by atoms with Gasteiger partial charge in [-0.05, 0) is 83.4 Å². The van der Waals surface area contributed by atoms with Crippen molar-refractivity contribution in [1.29, 1.82) is 15.8 Å². The number of benzene rings is 7. The summed E-state index contributed by atoms with van der Waals surface area (Å²) in [6, 6.07) is 57.9. The molecule has 0 aliphatic carbocycles. The van der Waals surface area contributed by atoms with Gasteiger partial charge in [0.05, 0.1) is 62.3 Å². The molecule has 0 fully saturated rings. The minimum Gasteiger partial charge on any atom is -0.309 e. The van der Waals surface area contributed by atoms with Crippen molar-refractivity contribution in [3.05, 3.63) is 168 Å². The van der Waals surface area contributed by atoms with Gasteiger partial charge in [-0.3, -0.25) is 0 Å². The lowest BCUT2D eigenvalue weighted by molar-refractivity contribution is 1.17. The second-order valence-electron chi connectivity index (χ2n) is 12.3. The second kappa shape index (κ2) is 11.4. The first-order chi connectivity index (χ1) is 24.7. The Labute approximate surface area is 287 Å². The molecule has 0 radical (unpaired) electrons. The molecule has 0 saturated heterocycles. The first-order valence-corrected chi connectivity index (χ1v) is 16.3. The van der Waals surface area contributed by atoms with Crippen LogP contribution in [-0.4, -0.2) is 9.13 Å². The van der Waals surface area contributed by atoms with E-state index in [1.54, 1.807) is 0 Å². The topological polar surface area (TPSA) is 81.2 Å². The molecule has 5 heteroatoms. The van der Waals surface area contributed by atoms with Crippen LogP contribution in [0.5, 0.6) is 0 Å². The van der Waals surface area contributed by atoms with E-state index in [2.05, 4.69) is 106 Å². The largest absolute Gasteiger partial charge is 0.309 e. The van der Waals surface area contributed by atoms with E-state index in [1.165, 1.54) is 0 Å². The van der Waals surface area contributed by atoms with Gasteiger partial charge in [0.25, 0.3) is 0 Å². The summed E-state index contributed by atoms with van der Waals surface area (Å²) in [4.78, 5) is 0. The molecule has 0 amide bonds. The van der Waals surface area contributed by atoms with Crippen LogP contribution in [0.25, 0.3) is 77.2 Å². The molecule has 9 aromatic rings. The number of para-hydroxylation sites is 3. The fraction of sp³-hybridized carbons (Fsp3) is 0. The maximum Gasteiger partial charge on any atom is 0.101 e. The van der Waals surface area contributed by atoms with Gasteiger partial charge in [0.15, 0.2) is 0 Å². The molecule has 0 unspecified atom stereocenters. The van der Waals surface area contributed by atoms with E-state index < -0.39 is 0 Å². The Balaban J connectivity index is 1.23. The standard InChI is InChI=1S/C45H25N5/c46-26-29-19-22-42-38(23-29)45-34(28-48)11-8-18-43(45)49(42)39-15-4-1-12-35(39)32-10-7-9-30(24-32)31-20-21-33(27-47)44(25-31)50-40-16-5-2-13-36(40)37-14-3-6-17-41(37)50/h1-25H. The van der Waals surface area contributed by atoms with Crippen LogP contribution >= 0.6 is 0 Å². The highest BCUT2D eigenvalue weighted by Gasteiger charge is 2.19. The Hall–Kier alpha value is -7.39. The molecule has 9 rings (SSSR count). The smallest absolute Gasteiger partial charge is 0.101 e. The Morgan fingerprint density at radius 3 is 1.76 bits per heavy atom. The molecule has 7 aromatic carbocycles. The Bertz CT molecular complexity index is 2920. The average Bonchev–Trinajstić information content (AvgIpc) is 3.70. The first kappa shape index (κ1) is 28.8. The van der Waals surface area contributed by atoms with Crippen molar-refractivity contribution in [2.75, 3.05) is 0 Å². The van der Waals surface area contributed by atoms with Crippen LogP contribution in [-0.2, 0) is 0 Å². The van der Waals surface area contributed by atoms with Gasteiger partial charge in [-0.2, -0.15) is 15.8 Å². The van der Waals surface area contributed by atoms with Crippen molar-refractivity contribution in [3.63, 3.8) is 0 Å². The van der Waals surface area contributed by atoms with E-state index in [0.717, 1.165) is 77.2 Å². The van der Waals surface area contributed by atoms with Crippen LogP contribution in [0.2, 0.25) is 0 Å². The van der Waals surface area contributed by atoms with Gasteiger partial charge in [-0.15, -0.1) is 0 Å². The molecule has 0 aliphatic rings. The predicted octanol–water partition coefficient (Wildman–Crippen LogP) is 10.8. The van der Waals surface area contributed by atoms with Crippen molar-refractivity contribution in [2.24, 2.45) is 0 Å². The monoisotopic (exact) mass is 635 g/mol. The van der Waals surface area contributed by atoms with Crippen LogP contribution in [0.3, 0.4) is 0 Å². The molecule has 0 aliphatic heterocycles. The molecule has 0 saturated carbocycles. The minimum atomic E-state index is 0.549. The first-order valence-electron chi connectivity index (χ1n) is 16.3. The fourth-order valence-corrected chi connectivity index (χ4v) is 7.44. The summed E-state index contributed by atoms with van der Waals surface area (Å²) in [5.41, 5.74) is 11.5. The summed E-state index contributed by atoms with van der Waals surface area (Å²) >= 11 is 0. The van der Waals surface area contributed by atoms with Crippen LogP contribution in [0, 0.1) is 34.0 Å². The third kappa shape index (κ3) is 4.31. The van der Waals surface area contributed by atoms with E-state index in [0.29, 0.717) is 16.7 Å². The number of rotatable bonds is 4. The van der Waals surface area contributed by atoms with Gasteiger partial charge in [0.2, 0.25) is 0 Å². The van der Waals surface area contributed by atoms with Crippen molar-refractivity contribution < 1.29 is 0 Å². The summed E-state index contributed by atoms with van der Waals surface area (Å²) in [5.74, 6) is 0. The molecular formula is C45H25N5. The lowest BCUT2D eigenvalue weighted by atomic mass is 9.96. The zero-order valence-electron chi connectivity index (χ0n) is 26.7. The third-order valence-electron chi connectivity index (χ3n) is 9.63. The molecule has 0 N–H and O–H groups in total. The van der Waals surface area contributed by atoms with Gasteiger partial charge >= 0.3 is 0 Å². The highest BCUT2D eigenvalue weighted by molar-refractivity contribution is 6.13. The predicted molar refractivity (Wildman–Crippen MR) is 200 cm³/mol. The maximum atomic E-state index is 10.3. The van der Waals surface area contributed by atoms with Gasteiger partial charge in [-0.1, -0.05) is 84.9 Å². The average molecular weight is 636 g/mol. The summed E-state index contributed by atoms with van der Waals surface area (Å²) in [5, 5.41) is 34.0. The molecule has 50 heavy (non-hydrogen) atoms. The lowest BCUT2D eigenvalue weighted by Crippen LogP contribution is -1.99. The van der Waals surface area contributed by atoms with E-state index in [1.807, 2.05) is 72.8 Å². The third-order valence-corrected chi connectivity index (χ3v) is 9.63. The maximum absolute atomic E-state index is 10.3. The van der Waals surface area contributed by atoms with Crippen molar-refractivity contribution in [3.8, 4) is 51.8 Å². The highest BCUT2D eigenvalue weighted by atomic mass is 15.0. The van der Waals surface area contributed by atoms with Crippen LogP contribution in [0.4, 0.5) is 0 Å². The Kier molecular flexibility index (Phi) is 6.56. The number of nitriles is 3. The molecule has 230 valence electrons. The number of nitrogens with zero attached hydrogens (tertiary/aromatic N) is 5. The summed E-state index contributed by atoms with van der Waals surface area (Å²) < 4.78 is 4.39. The van der Waals surface area contributed by atoms with E-state index in [9.17, 15) is 15.8 Å². The highest BCUT2D eigenvalue weighted by Crippen LogP contribution is 2.39. The minimum absolute atomic E-state index is 0.549. The SMILES string of the molecule is N#Cc1ccc2c(c1)c1c(C#N)cccc1n2-c1ccccc1-c1cccc(-c2ccc(C#N)c(-n3c4ccccc4c4ccccc43)c2)c1. The molecule has 0 spiro atoms. The van der Waals surface area contributed by atoms with Crippen molar-refractivity contribution >= 4 is 43.6 Å². The summed E-state index contributed by atoms with van der Waals surface area (Å²) in [6.45, 7) is 0. The summed E-state index contributed by atoms with van der Waals surface area (Å²) in [6.07, 6.45) is 0. The Morgan fingerprint density at radius 1 is 0.380 bits per heavy atom. The molecule has 0 atom stereocenters. The quantitative estimate of drug-likeness (QED) is 0.193. The lowest BCUT2D eigenvalue weighted by Gasteiger charge is -2.16. The molecular weight excluding hydrogens is 611 g/mol.